The number of carbonyl (C=O) groups is 1. The molecule has 0 fully saturated rings. The third-order valence-electron chi connectivity index (χ3n) is 3.32. The van der Waals surface area contributed by atoms with Gasteiger partial charge in [-0.1, -0.05) is 18.2 Å². The number of nitrogens with zero attached hydrogens (tertiary/aromatic N) is 2. The van der Waals surface area contributed by atoms with Crippen LogP contribution in [0.4, 0.5) is 5.69 Å². The highest BCUT2D eigenvalue weighted by molar-refractivity contribution is 6.03. The standard InChI is InChI=1S/C16H15N3O2/c1-11-3-2-4-15-18-14(9-19(11)15)16(21)17-13-7-5-12(10-20)6-8-13/h2-9,20H,10H2,1H3,(H,17,21). The predicted octanol–water partition coefficient (Wildman–Crippen LogP) is 2.39. The number of aromatic nitrogens is 2. The molecule has 0 radical (unpaired) electrons. The maximum Gasteiger partial charge on any atom is 0.275 e. The van der Waals surface area contributed by atoms with Crippen LogP contribution < -0.4 is 5.32 Å². The fourth-order valence-electron chi connectivity index (χ4n) is 2.15. The van der Waals surface area contributed by atoms with Crippen LogP contribution in [0.15, 0.2) is 48.7 Å². The molecule has 0 saturated heterocycles. The minimum Gasteiger partial charge on any atom is -0.392 e. The molecule has 5 heteroatoms. The van der Waals surface area contributed by atoms with Crippen molar-refractivity contribution in [3.63, 3.8) is 0 Å². The highest BCUT2D eigenvalue weighted by atomic mass is 16.3. The van der Waals surface area contributed by atoms with Crippen LogP contribution in [0.3, 0.4) is 0 Å². The smallest absolute Gasteiger partial charge is 0.275 e. The van der Waals surface area contributed by atoms with E-state index in [1.54, 1.807) is 30.5 Å². The molecule has 3 aromatic rings. The van der Waals surface area contributed by atoms with E-state index in [4.69, 9.17) is 5.11 Å². The zero-order valence-corrected chi connectivity index (χ0v) is 11.6. The molecule has 0 spiro atoms. The maximum atomic E-state index is 12.2. The highest BCUT2D eigenvalue weighted by Gasteiger charge is 2.11. The van der Waals surface area contributed by atoms with Gasteiger partial charge in [0, 0.05) is 17.6 Å². The number of aryl methyl sites for hydroxylation is 1. The van der Waals surface area contributed by atoms with Crippen LogP contribution in [-0.4, -0.2) is 20.4 Å². The number of aliphatic hydroxyl groups is 1. The number of aliphatic hydroxyl groups excluding tert-OH is 1. The summed E-state index contributed by atoms with van der Waals surface area (Å²) in [6.07, 6.45) is 1.72. The summed E-state index contributed by atoms with van der Waals surface area (Å²) in [5, 5.41) is 11.8. The molecule has 0 atom stereocenters. The Hall–Kier alpha value is -2.66. The highest BCUT2D eigenvalue weighted by Crippen LogP contribution is 2.13. The zero-order valence-electron chi connectivity index (χ0n) is 11.6. The number of carbonyl (C=O) groups excluding carboxylic acids is 1. The Morgan fingerprint density at radius 3 is 2.67 bits per heavy atom. The number of fused-ring (bicyclic) bond motifs is 1. The van der Waals surface area contributed by atoms with Crippen molar-refractivity contribution in [2.24, 2.45) is 0 Å². The van der Waals surface area contributed by atoms with Crippen molar-refractivity contribution < 1.29 is 9.90 Å². The number of nitrogens with one attached hydrogen (secondary N) is 1. The number of pyridine rings is 1. The molecule has 106 valence electrons. The van der Waals surface area contributed by atoms with Crippen LogP contribution in [0.25, 0.3) is 5.65 Å². The molecular formula is C16H15N3O2. The molecule has 1 amide bonds. The molecule has 2 heterocycles. The van der Waals surface area contributed by atoms with Gasteiger partial charge in [0.1, 0.15) is 11.3 Å². The topological polar surface area (TPSA) is 66.6 Å². The minimum atomic E-state index is -0.255. The zero-order chi connectivity index (χ0) is 14.8. The second-order valence-corrected chi connectivity index (χ2v) is 4.83. The Kier molecular flexibility index (Phi) is 3.41. The number of hydrogen-bond acceptors (Lipinski definition) is 3. The van der Waals surface area contributed by atoms with Gasteiger partial charge < -0.3 is 14.8 Å². The fourth-order valence-corrected chi connectivity index (χ4v) is 2.15. The van der Waals surface area contributed by atoms with E-state index in [1.807, 2.05) is 29.5 Å². The van der Waals surface area contributed by atoms with Gasteiger partial charge in [-0.2, -0.15) is 0 Å². The number of rotatable bonds is 3. The minimum absolute atomic E-state index is 0.0139. The van der Waals surface area contributed by atoms with Gasteiger partial charge in [-0.25, -0.2) is 4.98 Å². The summed E-state index contributed by atoms with van der Waals surface area (Å²) < 4.78 is 1.88. The number of benzene rings is 1. The van der Waals surface area contributed by atoms with Crippen LogP contribution in [0.5, 0.6) is 0 Å². The first kappa shape index (κ1) is 13.3. The lowest BCUT2D eigenvalue weighted by Gasteiger charge is -2.03. The van der Waals surface area contributed by atoms with E-state index in [9.17, 15) is 4.79 Å². The summed E-state index contributed by atoms with van der Waals surface area (Å²) in [4.78, 5) is 16.5. The summed E-state index contributed by atoms with van der Waals surface area (Å²) in [7, 11) is 0. The number of amides is 1. The Balaban J connectivity index is 1.84. The Morgan fingerprint density at radius 1 is 1.24 bits per heavy atom. The summed E-state index contributed by atoms with van der Waals surface area (Å²) in [6, 6.07) is 12.8. The number of anilines is 1. The average Bonchev–Trinajstić information content (AvgIpc) is 2.94. The van der Waals surface area contributed by atoms with Gasteiger partial charge in [0.2, 0.25) is 0 Å². The third-order valence-corrected chi connectivity index (χ3v) is 3.32. The van der Waals surface area contributed by atoms with E-state index in [0.717, 1.165) is 16.9 Å². The van der Waals surface area contributed by atoms with Gasteiger partial charge in [-0.05, 0) is 36.8 Å². The number of hydrogen-bond donors (Lipinski definition) is 2. The van der Waals surface area contributed by atoms with Crippen LogP contribution in [0.1, 0.15) is 21.7 Å². The predicted molar refractivity (Wildman–Crippen MR) is 80.2 cm³/mol. The molecule has 3 rings (SSSR count). The summed E-state index contributed by atoms with van der Waals surface area (Å²) in [6.45, 7) is 1.95. The first-order chi connectivity index (χ1) is 10.2. The van der Waals surface area contributed by atoms with Crippen LogP contribution in [0.2, 0.25) is 0 Å². The third kappa shape index (κ3) is 2.64. The average molecular weight is 281 g/mol. The molecule has 0 saturated carbocycles. The summed E-state index contributed by atoms with van der Waals surface area (Å²) in [5.74, 6) is -0.255. The largest absolute Gasteiger partial charge is 0.392 e. The molecule has 0 aliphatic rings. The molecule has 2 N–H and O–H groups in total. The first-order valence-electron chi connectivity index (χ1n) is 6.63. The van der Waals surface area contributed by atoms with Crippen molar-refractivity contribution in [3.8, 4) is 0 Å². The summed E-state index contributed by atoms with van der Waals surface area (Å²) in [5.41, 5.74) is 3.61. The lowest BCUT2D eigenvalue weighted by Crippen LogP contribution is -2.12. The van der Waals surface area contributed by atoms with E-state index in [1.165, 1.54) is 0 Å². The van der Waals surface area contributed by atoms with E-state index >= 15 is 0 Å². The van der Waals surface area contributed by atoms with Crippen molar-refractivity contribution in [3.05, 3.63) is 65.6 Å². The van der Waals surface area contributed by atoms with Crippen LogP contribution in [-0.2, 0) is 6.61 Å². The van der Waals surface area contributed by atoms with Crippen molar-refractivity contribution in [2.75, 3.05) is 5.32 Å². The van der Waals surface area contributed by atoms with Crippen molar-refractivity contribution in [2.45, 2.75) is 13.5 Å². The molecule has 2 aromatic heterocycles. The van der Waals surface area contributed by atoms with E-state index in [0.29, 0.717) is 11.4 Å². The second-order valence-electron chi connectivity index (χ2n) is 4.83. The normalized spacial score (nSPS) is 10.8. The maximum absolute atomic E-state index is 12.2. The SMILES string of the molecule is Cc1cccc2nc(C(=O)Nc3ccc(CO)cc3)cn12. The van der Waals surface area contributed by atoms with Crippen molar-refractivity contribution in [1.29, 1.82) is 0 Å². The van der Waals surface area contributed by atoms with E-state index in [-0.39, 0.29) is 12.5 Å². The molecule has 5 nitrogen and oxygen atoms in total. The first-order valence-corrected chi connectivity index (χ1v) is 6.63. The van der Waals surface area contributed by atoms with Gasteiger partial charge in [0.25, 0.3) is 5.91 Å². The number of imidazole rings is 1. The lowest BCUT2D eigenvalue weighted by atomic mass is 10.2. The molecule has 21 heavy (non-hydrogen) atoms. The molecule has 0 unspecified atom stereocenters. The van der Waals surface area contributed by atoms with Crippen LogP contribution in [0, 0.1) is 6.92 Å². The van der Waals surface area contributed by atoms with Gasteiger partial charge in [0.05, 0.1) is 6.61 Å². The lowest BCUT2D eigenvalue weighted by molar-refractivity contribution is 0.102. The Bertz CT molecular complexity index is 791. The fraction of sp³-hybridized carbons (Fsp3) is 0.125. The Morgan fingerprint density at radius 2 is 2.00 bits per heavy atom. The van der Waals surface area contributed by atoms with E-state index in [2.05, 4.69) is 10.3 Å². The molecule has 0 aliphatic heterocycles. The Labute approximate surface area is 121 Å². The second kappa shape index (κ2) is 5.38. The molecule has 0 bridgehead atoms. The van der Waals surface area contributed by atoms with Gasteiger partial charge >= 0.3 is 0 Å². The van der Waals surface area contributed by atoms with Crippen LogP contribution >= 0.6 is 0 Å². The van der Waals surface area contributed by atoms with Crippen molar-refractivity contribution >= 4 is 17.2 Å². The monoisotopic (exact) mass is 281 g/mol. The van der Waals surface area contributed by atoms with E-state index < -0.39 is 0 Å². The molecule has 0 aliphatic carbocycles. The van der Waals surface area contributed by atoms with Gasteiger partial charge in [-0.15, -0.1) is 0 Å². The van der Waals surface area contributed by atoms with Gasteiger partial charge in [0.15, 0.2) is 0 Å². The quantitative estimate of drug-likeness (QED) is 0.774. The summed E-state index contributed by atoms with van der Waals surface area (Å²) >= 11 is 0. The van der Waals surface area contributed by atoms with Gasteiger partial charge in [-0.3, -0.25) is 4.79 Å². The molecule has 1 aromatic carbocycles. The molecular weight excluding hydrogens is 266 g/mol. The van der Waals surface area contributed by atoms with Crippen molar-refractivity contribution in [1.82, 2.24) is 9.38 Å².